The van der Waals surface area contributed by atoms with Crippen molar-refractivity contribution < 1.29 is 18.0 Å². The number of hydrogen-bond acceptors (Lipinski definition) is 4. The highest BCUT2D eigenvalue weighted by Gasteiger charge is 2.34. The smallest absolute Gasteiger partial charge is 0.264 e. The molecule has 0 unspecified atom stereocenters. The fourth-order valence-electron chi connectivity index (χ4n) is 4.43. The Balaban J connectivity index is 2.08. The normalized spacial score (nSPS) is 12.0. The molecular formula is C31H37Cl2N3O4S. The molecule has 0 radical (unpaired) electrons. The first-order chi connectivity index (χ1) is 19.5. The van der Waals surface area contributed by atoms with Crippen LogP contribution >= 0.6 is 23.2 Å². The molecule has 10 heteroatoms. The molecule has 3 rings (SSSR count). The van der Waals surface area contributed by atoms with Crippen molar-refractivity contribution in [1.29, 1.82) is 0 Å². The molecule has 0 fully saturated rings. The number of sulfonamides is 1. The SMILES string of the molecule is CCCCNC(=O)[C@@H](CC)N(Cc1c(Cl)cccc1Cl)C(=O)CN(c1cccc(C)c1)S(=O)(=O)c1ccc(C)cc1. The van der Waals surface area contributed by atoms with Crippen molar-refractivity contribution in [2.75, 3.05) is 17.4 Å². The van der Waals surface area contributed by atoms with Crippen LogP contribution < -0.4 is 9.62 Å². The van der Waals surface area contributed by atoms with Gasteiger partial charge in [-0.05, 0) is 68.7 Å². The molecule has 3 aromatic rings. The summed E-state index contributed by atoms with van der Waals surface area (Å²) in [7, 11) is -4.14. The zero-order valence-electron chi connectivity index (χ0n) is 23.9. The second-order valence-electron chi connectivity index (χ2n) is 9.95. The number of rotatable bonds is 13. The van der Waals surface area contributed by atoms with Gasteiger partial charge in [-0.1, -0.05) is 79.4 Å². The summed E-state index contributed by atoms with van der Waals surface area (Å²) in [5.41, 5.74) is 2.56. The minimum Gasteiger partial charge on any atom is -0.354 e. The van der Waals surface area contributed by atoms with Gasteiger partial charge in [0.1, 0.15) is 12.6 Å². The average Bonchev–Trinajstić information content (AvgIpc) is 2.93. The van der Waals surface area contributed by atoms with E-state index < -0.39 is 28.5 Å². The van der Waals surface area contributed by atoms with Crippen molar-refractivity contribution >= 4 is 50.7 Å². The van der Waals surface area contributed by atoms with Crippen LogP contribution in [0.15, 0.2) is 71.6 Å². The molecule has 0 spiro atoms. The van der Waals surface area contributed by atoms with E-state index in [1.54, 1.807) is 55.5 Å². The van der Waals surface area contributed by atoms with Gasteiger partial charge < -0.3 is 10.2 Å². The molecule has 3 aromatic carbocycles. The molecule has 0 saturated carbocycles. The number of benzene rings is 3. The van der Waals surface area contributed by atoms with Crippen LogP contribution in [0.2, 0.25) is 10.0 Å². The van der Waals surface area contributed by atoms with Crippen molar-refractivity contribution in [3.05, 3.63) is 93.5 Å². The number of unbranched alkanes of at least 4 members (excludes halogenated alkanes) is 1. The Kier molecular flexibility index (Phi) is 11.6. The molecule has 41 heavy (non-hydrogen) atoms. The highest BCUT2D eigenvalue weighted by Crippen LogP contribution is 2.29. The maximum absolute atomic E-state index is 14.2. The number of nitrogens with zero attached hydrogens (tertiary/aromatic N) is 2. The number of amides is 2. The van der Waals surface area contributed by atoms with Crippen molar-refractivity contribution in [3.63, 3.8) is 0 Å². The number of aryl methyl sites for hydroxylation is 2. The molecule has 0 bridgehead atoms. The summed E-state index contributed by atoms with van der Waals surface area (Å²) in [6.07, 6.45) is 2.00. The minimum absolute atomic E-state index is 0.0578. The van der Waals surface area contributed by atoms with Gasteiger partial charge in [0, 0.05) is 28.7 Å². The third kappa shape index (κ3) is 8.24. The molecule has 220 valence electrons. The summed E-state index contributed by atoms with van der Waals surface area (Å²) < 4.78 is 29.0. The Morgan fingerprint density at radius 2 is 1.54 bits per heavy atom. The van der Waals surface area contributed by atoms with Crippen molar-refractivity contribution in [3.8, 4) is 0 Å². The molecule has 0 heterocycles. The zero-order chi connectivity index (χ0) is 30.2. The van der Waals surface area contributed by atoms with Crippen molar-refractivity contribution in [2.24, 2.45) is 0 Å². The van der Waals surface area contributed by atoms with Crippen LogP contribution in [-0.2, 0) is 26.2 Å². The Bertz CT molecular complexity index is 1440. The first-order valence-corrected chi connectivity index (χ1v) is 15.8. The van der Waals surface area contributed by atoms with E-state index in [1.165, 1.54) is 17.0 Å². The van der Waals surface area contributed by atoms with E-state index >= 15 is 0 Å². The van der Waals surface area contributed by atoms with E-state index in [9.17, 15) is 18.0 Å². The fourth-order valence-corrected chi connectivity index (χ4v) is 6.35. The number of hydrogen-bond donors (Lipinski definition) is 1. The van der Waals surface area contributed by atoms with Gasteiger partial charge in [0.2, 0.25) is 11.8 Å². The molecule has 0 aliphatic heterocycles. The maximum Gasteiger partial charge on any atom is 0.264 e. The van der Waals surface area contributed by atoms with E-state index in [4.69, 9.17) is 23.2 Å². The molecule has 1 atom stereocenters. The van der Waals surface area contributed by atoms with Gasteiger partial charge in [0.25, 0.3) is 10.0 Å². The van der Waals surface area contributed by atoms with Gasteiger partial charge in [0.05, 0.1) is 10.6 Å². The van der Waals surface area contributed by atoms with Crippen LogP contribution in [0, 0.1) is 13.8 Å². The molecule has 0 aliphatic rings. The number of nitrogens with one attached hydrogen (secondary N) is 1. The fraction of sp³-hybridized carbons (Fsp3) is 0.355. The van der Waals surface area contributed by atoms with Gasteiger partial charge in [-0.3, -0.25) is 13.9 Å². The molecule has 7 nitrogen and oxygen atoms in total. The van der Waals surface area contributed by atoms with Crippen LogP contribution in [-0.4, -0.2) is 44.3 Å². The van der Waals surface area contributed by atoms with E-state index in [0.717, 1.165) is 28.3 Å². The summed E-state index contributed by atoms with van der Waals surface area (Å²) in [6, 6.07) is 17.6. The summed E-state index contributed by atoms with van der Waals surface area (Å²) in [5, 5.41) is 3.60. The van der Waals surface area contributed by atoms with Gasteiger partial charge in [0.15, 0.2) is 0 Å². The zero-order valence-corrected chi connectivity index (χ0v) is 26.2. The second kappa shape index (κ2) is 14.7. The lowest BCUT2D eigenvalue weighted by Gasteiger charge is -2.33. The van der Waals surface area contributed by atoms with Gasteiger partial charge in [-0.2, -0.15) is 0 Å². The van der Waals surface area contributed by atoms with Gasteiger partial charge in [-0.25, -0.2) is 8.42 Å². The third-order valence-corrected chi connectivity index (χ3v) is 9.28. The number of halogens is 2. The summed E-state index contributed by atoms with van der Waals surface area (Å²) in [6.45, 7) is 7.42. The molecule has 1 N–H and O–H groups in total. The third-order valence-electron chi connectivity index (χ3n) is 6.78. The largest absolute Gasteiger partial charge is 0.354 e. The van der Waals surface area contributed by atoms with Gasteiger partial charge >= 0.3 is 0 Å². The summed E-state index contributed by atoms with van der Waals surface area (Å²) in [5.74, 6) is -0.878. The van der Waals surface area contributed by atoms with Crippen molar-refractivity contribution in [2.45, 2.75) is 64.4 Å². The lowest BCUT2D eigenvalue weighted by atomic mass is 10.1. The topological polar surface area (TPSA) is 86.8 Å². The Morgan fingerprint density at radius 1 is 0.902 bits per heavy atom. The van der Waals surface area contributed by atoms with E-state index in [2.05, 4.69) is 5.32 Å². The Hall–Kier alpha value is -3.07. The predicted molar refractivity (Wildman–Crippen MR) is 166 cm³/mol. The molecule has 2 amide bonds. The van der Waals surface area contributed by atoms with Crippen LogP contribution in [0.25, 0.3) is 0 Å². The molecule has 0 aromatic heterocycles. The van der Waals surface area contributed by atoms with Crippen LogP contribution in [0.3, 0.4) is 0 Å². The number of carbonyl (C=O) groups excluding carboxylic acids is 2. The lowest BCUT2D eigenvalue weighted by Crippen LogP contribution is -2.52. The van der Waals surface area contributed by atoms with E-state index in [1.807, 2.05) is 26.8 Å². The minimum atomic E-state index is -4.14. The van der Waals surface area contributed by atoms with Crippen LogP contribution in [0.4, 0.5) is 5.69 Å². The van der Waals surface area contributed by atoms with Crippen LogP contribution in [0.5, 0.6) is 0 Å². The second-order valence-corrected chi connectivity index (χ2v) is 12.6. The van der Waals surface area contributed by atoms with Gasteiger partial charge in [-0.15, -0.1) is 0 Å². The maximum atomic E-state index is 14.2. The van der Waals surface area contributed by atoms with E-state index in [-0.39, 0.29) is 17.3 Å². The molecule has 0 saturated heterocycles. The highest BCUT2D eigenvalue weighted by atomic mass is 35.5. The number of anilines is 1. The molecular weight excluding hydrogens is 581 g/mol. The Morgan fingerprint density at radius 3 is 2.12 bits per heavy atom. The monoisotopic (exact) mass is 617 g/mol. The predicted octanol–water partition coefficient (Wildman–Crippen LogP) is 6.53. The lowest BCUT2D eigenvalue weighted by molar-refractivity contribution is -0.140. The summed E-state index contributed by atoms with van der Waals surface area (Å²) in [4.78, 5) is 28.9. The van der Waals surface area contributed by atoms with E-state index in [0.29, 0.717) is 34.3 Å². The standard InChI is InChI=1S/C31H37Cl2N3O4S/c1-5-7-18-34-31(38)29(6-2)35(20-26-27(32)12-9-13-28(26)33)30(37)21-36(24-11-8-10-23(4)19-24)41(39,40)25-16-14-22(3)15-17-25/h8-17,19,29H,5-7,18,20-21H2,1-4H3,(H,34,38)/t29-/m1/s1. The first-order valence-electron chi connectivity index (χ1n) is 13.7. The number of carbonyl (C=O) groups is 2. The highest BCUT2D eigenvalue weighted by molar-refractivity contribution is 7.92. The average molecular weight is 619 g/mol. The Labute approximate surface area is 253 Å². The summed E-state index contributed by atoms with van der Waals surface area (Å²) >= 11 is 12.9. The van der Waals surface area contributed by atoms with Crippen LogP contribution in [0.1, 0.15) is 49.8 Å². The first kappa shape index (κ1) is 32.4. The molecule has 0 aliphatic carbocycles. The quantitative estimate of drug-likeness (QED) is 0.221. The van der Waals surface area contributed by atoms with Crippen molar-refractivity contribution in [1.82, 2.24) is 10.2 Å².